The van der Waals surface area contributed by atoms with Crippen molar-refractivity contribution in [2.24, 2.45) is 0 Å². The molecular formula is C9H12N2O5. The lowest BCUT2D eigenvalue weighted by Crippen LogP contribution is -2.07. The van der Waals surface area contributed by atoms with Gasteiger partial charge in [0.15, 0.2) is 0 Å². The highest BCUT2D eigenvalue weighted by Crippen LogP contribution is 2.03. The molecule has 1 heterocycles. The summed E-state index contributed by atoms with van der Waals surface area (Å²) < 4.78 is 13.9. The van der Waals surface area contributed by atoms with E-state index in [9.17, 15) is 9.59 Å². The zero-order chi connectivity index (χ0) is 12.0. The average Bonchev–Trinajstić information content (AvgIpc) is 2.75. The molecule has 0 aromatic carbocycles. The molecule has 0 bridgehead atoms. The van der Waals surface area contributed by atoms with E-state index in [-0.39, 0.29) is 37.1 Å². The van der Waals surface area contributed by atoms with Crippen LogP contribution in [0.15, 0.2) is 4.52 Å². The molecule has 0 radical (unpaired) electrons. The molecule has 1 aromatic rings. The molecule has 7 nitrogen and oxygen atoms in total. The van der Waals surface area contributed by atoms with Gasteiger partial charge in [-0.2, -0.15) is 4.98 Å². The number of esters is 2. The van der Waals surface area contributed by atoms with Crippen LogP contribution in [0, 0.1) is 0 Å². The highest BCUT2D eigenvalue weighted by Gasteiger charge is 2.16. The Morgan fingerprint density at radius 3 is 2.81 bits per heavy atom. The second-order valence-corrected chi connectivity index (χ2v) is 2.81. The summed E-state index contributed by atoms with van der Waals surface area (Å²) in [4.78, 5) is 25.8. The summed E-state index contributed by atoms with van der Waals surface area (Å²) in [5.41, 5.74) is 0. The van der Waals surface area contributed by atoms with Crippen LogP contribution in [0.25, 0.3) is 0 Å². The second-order valence-electron chi connectivity index (χ2n) is 2.81. The molecule has 1 aromatic heterocycles. The summed E-state index contributed by atoms with van der Waals surface area (Å²) in [7, 11) is 1.29. The van der Waals surface area contributed by atoms with E-state index in [1.54, 1.807) is 6.92 Å². The second kappa shape index (κ2) is 5.84. The molecule has 0 saturated heterocycles. The average molecular weight is 228 g/mol. The van der Waals surface area contributed by atoms with Crippen LogP contribution in [0.5, 0.6) is 0 Å². The van der Waals surface area contributed by atoms with E-state index in [0.717, 1.165) is 0 Å². The Morgan fingerprint density at radius 1 is 1.44 bits per heavy atom. The van der Waals surface area contributed by atoms with Crippen LogP contribution in [0.3, 0.4) is 0 Å². The largest absolute Gasteiger partial charge is 0.469 e. The van der Waals surface area contributed by atoms with Crippen molar-refractivity contribution in [2.45, 2.75) is 19.8 Å². The van der Waals surface area contributed by atoms with Gasteiger partial charge >= 0.3 is 11.9 Å². The minimum Gasteiger partial charge on any atom is -0.469 e. The lowest BCUT2D eigenvalue weighted by molar-refractivity contribution is -0.140. The van der Waals surface area contributed by atoms with Crippen LogP contribution >= 0.6 is 0 Å². The Bertz CT molecular complexity index is 374. The molecule has 0 N–H and O–H groups in total. The van der Waals surface area contributed by atoms with E-state index in [1.165, 1.54) is 7.11 Å². The van der Waals surface area contributed by atoms with Crippen molar-refractivity contribution in [2.75, 3.05) is 13.7 Å². The van der Waals surface area contributed by atoms with Gasteiger partial charge in [0.2, 0.25) is 5.89 Å². The van der Waals surface area contributed by atoms with Crippen molar-refractivity contribution in [1.29, 1.82) is 0 Å². The molecule has 0 atom stereocenters. The number of carbonyl (C=O) groups is 2. The lowest BCUT2D eigenvalue weighted by atomic mass is 10.3. The molecule has 1 rings (SSSR count). The molecule has 0 amide bonds. The number of aryl methyl sites for hydroxylation is 1. The number of aromatic nitrogens is 2. The Kier molecular flexibility index (Phi) is 4.43. The summed E-state index contributed by atoms with van der Waals surface area (Å²) in [6.45, 7) is 1.92. The Labute approximate surface area is 91.7 Å². The third kappa shape index (κ3) is 3.34. The number of carbonyl (C=O) groups excluding carboxylic acids is 2. The predicted octanol–water partition coefficient (Wildman–Crippen LogP) is 0.352. The summed E-state index contributed by atoms with van der Waals surface area (Å²) >= 11 is 0. The molecule has 7 heteroatoms. The van der Waals surface area contributed by atoms with E-state index in [2.05, 4.69) is 19.6 Å². The van der Waals surface area contributed by atoms with Crippen LogP contribution in [-0.4, -0.2) is 35.8 Å². The van der Waals surface area contributed by atoms with Gasteiger partial charge in [0.25, 0.3) is 5.82 Å². The van der Waals surface area contributed by atoms with Crippen molar-refractivity contribution in [3.63, 3.8) is 0 Å². The van der Waals surface area contributed by atoms with Gasteiger partial charge in [-0.15, -0.1) is 0 Å². The van der Waals surface area contributed by atoms with Crippen LogP contribution in [0.2, 0.25) is 0 Å². The fourth-order valence-electron chi connectivity index (χ4n) is 0.946. The van der Waals surface area contributed by atoms with Crippen LogP contribution < -0.4 is 0 Å². The van der Waals surface area contributed by atoms with Gasteiger partial charge in [0, 0.05) is 6.42 Å². The van der Waals surface area contributed by atoms with Crippen LogP contribution in [-0.2, 0) is 20.7 Å². The first-order valence-electron chi connectivity index (χ1n) is 4.74. The van der Waals surface area contributed by atoms with Gasteiger partial charge in [0.1, 0.15) is 0 Å². The van der Waals surface area contributed by atoms with E-state index < -0.39 is 5.97 Å². The van der Waals surface area contributed by atoms with Crippen molar-refractivity contribution in [3.8, 4) is 0 Å². The number of hydrogen-bond acceptors (Lipinski definition) is 7. The Balaban J connectivity index is 2.51. The SMILES string of the molecule is CCOC(=O)c1noc(CCC(=O)OC)n1. The van der Waals surface area contributed by atoms with E-state index in [0.29, 0.717) is 0 Å². The minimum absolute atomic E-state index is 0.126. The summed E-state index contributed by atoms with van der Waals surface area (Å²) in [6, 6.07) is 0. The highest BCUT2D eigenvalue weighted by atomic mass is 16.5. The number of nitrogens with zero attached hydrogens (tertiary/aromatic N) is 2. The van der Waals surface area contributed by atoms with Gasteiger partial charge in [-0.3, -0.25) is 4.79 Å². The van der Waals surface area contributed by atoms with Crippen molar-refractivity contribution in [1.82, 2.24) is 10.1 Å². The maximum Gasteiger partial charge on any atom is 0.379 e. The van der Waals surface area contributed by atoms with Crippen LogP contribution in [0.4, 0.5) is 0 Å². The fraction of sp³-hybridized carbons (Fsp3) is 0.556. The van der Waals surface area contributed by atoms with Crippen molar-refractivity contribution < 1.29 is 23.6 Å². The molecule has 0 saturated carbocycles. The van der Waals surface area contributed by atoms with Crippen molar-refractivity contribution >= 4 is 11.9 Å². The third-order valence-electron chi connectivity index (χ3n) is 1.70. The fourth-order valence-corrected chi connectivity index (χ4v) is 0.946. The lowest BCUT2D eigenvalue weighted by Gasteiger charge is -1.94. The quantitative estimate of drug-likeness (QED) is 0.671. The molecule has 0 aliphatic heterocycles. The zero-order valence-corrected chi connectivity index (χ0v) is 9.06. The van der Waals surface area contributed by atoms with Gasteiger partial charge in [-0.25, -0.2) is 4.79 Å². The highest BCUT2D eigenvalue weighted by molar-refractivity contribution is 5.84. The smallest absolute Gasteiger partial charge is 0.379 e. The summed E-state index contributed by atoms with van der Waals surface area (Å²) in [5.74, 6) is -0.957. The maximum absolute atomic E-state index is 11.2. The number of ether oxygens (including phenoxy) is 2. The van der Waals surface area contributed by atoms with Gasteiger partial charge < -0.3 is 14.0 Å². The number of methoxy groups -OCH3 is 1. The normalized spacial score (nSPS) is 9.88. The maximum atomic E-state index is 11.2. The number of rotatable bonds is 5. The first-order chi connectivity index (χ1) is 7.67. The van der Waals surface area contributed by atoms with E-state index in [1.807, 2.05) is 0 Å². The molecule has 88 valence electrons. The Hall–Kier alpha value is -1.92. The van der Waals surface area contributed by atoms with Gasteiger partial charge in [-0.05, 0) is 12.1 Å². The first kappa shape index (κ1) is 12.2. The molecule has 0 fully saturated rings. The third-order valence-corrected chi connectivity index (χ3v) is 1.70. The zero-order valence-electron chi connectivity index (χ0n) is 9.06. The van der Waals surface area contributed by atoms with E-state index >= 15 is 0 Å². The molecule has 0 aliphatic carbocycles. The monoisotopic (exact) mass is 228 g/mol. The first-order valence-corrected chi connectivity index (χ1v) is 4.74. The van der Waals surface area contributed by atoms with Crippen LogP contribution in [0.1, 0.15) is 29.9 Å². The number of hydrogen-bond donors (Lipinski definition) is 0. The van der Waals surface area contributed by atoms with Crippen molar-refractivity contribution in [3.05, 3.63) is 11.7 Å². The Morgan fingerprint density at radius 2 is 2.19 bits per heavy atom. The minimum atomic E-state index is -0.643. The standard InChI is InChI=1S/C9H12N2O5/c1-3-15-9(13)8-10-6(16-11-8)4-5-7(12)14-2/h3-5H2,1-2H3. The molecule has 0 aliphatic rings. The topological polar surface area (TPSA) is 91.5 Å². The molecular weight excluding hydrogens is 216 g/mol. The summed E-state index contributed by atoms with van der Waals surface area (Å²) in [5, 5.41) is 3.43. The summed E-state index contributed by atoms with van der Waals surface area (Å²) in [6.07, 6.45) is 0.361. The predicted molar refractivity (Wildman–Crippen MR) is 50.6 cm³/mol. The molecule has 16 heavy (non-hydrogen) atoms. The van der Waals surface area contributed by atoms with Gasteiger partial charge in [0.05, 0.1) is 20.1 Å². The molecule has 0 unspecified atom stereocenters. The van der Waals surface area contributed by atoms with E-state index in [4.69, 9.17) is 4.52 Å². The molecule has 0 spiro atoms. The van der Waals surface area contributed by atoms with Gasteiger partial charge in [-0.1, -0.05) is 0 Å².